The van der Waals surface area contributed by atoms with Crippen molar-refractivity contribution in [2.24, 2.45) is 5.73 Å². The summed E-state index contributed by atoms with van der Waals surface area (Å²) in [5.74, 6) is -0.523. The van der Waals surface area contributed by atoms with Crippen LogP contribution in [0.15, 0.2) is 29.6 Å². The van der Waals surface area contributed by atoms with Crippen molar-refractivity contribution in [1.82, 2.24) is 4.98 Å². The van der Waals surface area contributed by atoms with Gasteiger partial charge in [-0.3, -0.25) is 4.79 Å². The molecule has 1 aromatic carbocycles. The van der Waals surface area contributed by atoms with Crippen LogP contribution in [-0.2, 0) is 0 Å². The highest BCUT2D eigenvalue weighted by Crippen LogP contribution is 2.21. The first-order valence-corrected chi connectivity index (χ1v) is 5.34. The number of hydrogen-bond acceptors (Lipinski definition) is 4. The number of nitriles is 1. The molecule has 78 valence electrons. The molecule has 5 heteroatoms. The zero-order chi connectivity index (χ0) is 11.5. The van der Waals surface area contributed by atoms with Crippen molar-refractivity contribution >= 4 is 17.2 Å². The molecule has 1 amide bonds. The molecule has 16 heavy (non-hydrogen) atoms. The van der Waals surface area contributed by atoms with Crippen molar-refractivity contribution in [2.45, 2.75) is 0 Å². The summed E-state index contributed by atoms with van der Waals surface area (Å²) in [5.41, 5.74) is 7.27. The van der Waals surface area contributed by atoms with Gasteiger partial charge in [0.2, 0.25) is 0 Å². The van der Waals surface area contributed by atoms with Crippen LogP contribution < -0.4 is 5.73 Å². The quantitative estimate of drug-likeness (QED) is 0.852. The monoisotopic (exact) mass is 229 g/mol. The minimum absolute atomic E-state index is 0.291. The molecule has 0 unspecified atom stereocenters. The molecule has 0 atom stereocenters. The molecule has 0 aliphatic heterocycles. The minimum Gasteiger partial charge on any atom is -0.364 e. The van der Waals surface area contributed by atoms with Gasteiger partial charge in [-0.2, -0.15) is 5.26 Å². The van der Waals surface area contributed by atoms with Gasteiger partial charge in [0.05, 0.1) is 17.3 Å². The van der Waals surface area contributed by atoms with Crippen LogP contribution in [0.2, 0.25) is 0 Å². The Morgan fingerprint density at radius 3 is 2.56 bits per heavy atom. The van der Waals surface area contributed by atoms with Crippen LogP contribution in [0.4, 0.5) is 0 Å². The smallest absolute Gasteiger partial charge is 0.277 e. The molecule has 0 fully saturated rings. The van der Waals surface area contributed by atoms with Gasteiger partial charge < -0.3 is 5.73 Å². The topological polar surface area (TPSA) is 79.8 Å². The number of hydrogen-bond donors (Lipinski definition) is 1. The van der Waals surface area contributed by atoms with E-state index in [4.69, 9.17) is 11.0 Å². The zero-order valence-corrected chi connectivity index (χ0v) is 8.99. The van der Waals surface area contributed by atoms with Crippen LogP contribution >= 0.6 is 11.3 Å². The van der Waals surface area contributed by atoms with Gasteiger partial charge in [0, 0.05) is 10.9 Å². The van der Waals surface area contributed by atoms with Gasteiger partial charge in [-0.15, -0.1) is 11.3 Å². The van der Waals surface area contributed by atoms with Crippen molar-refractivity contribution in [3.8, 4) is 17.3 Å². The lowest BCUT2D eigenvalue weighted by molar-refractivity contribution is 0.1000. The second kappa shape index (κ2) is 4.13. The molecule has 0 radical (unpaired) electrons. The van der Waals surface area contributed by atoms with E-state index < -0.39 is 5.91 Å². The van der Waals surface area contributed by atoms with Gasteiger partial charge in [0.1, 0.15) is 0 Å². The molecular formula is C11H7N3OS. The van der Waals surface area contributed by atoms with Gasteiger partial charge in [-0.25, -0.2) is 4.98 Å². The zero-order valence-electron chi connectivity index (χ0n) is 8.18. The summed E-state index contributed by atoms with van der Waals surface area (Å²) >= 11 is 1.21. The number of carbonyl (C=O) groups excluding carboxylic acids is 1. The van der Waals surface area contributed by atoms with Crippen LogP contribution in [0, 0.1) is 11.3 Å². The van der Waals surface area contributed by atoms with Crippen molar-refractivity contribution in [2.75, 3.05) is 0 Å². The summed E-state index contributed by atoms with van der Waals surface area (Å²) in [7, 11) is 0. The molecule has 0 saturated carbocycles. The molecule has 0 bridgehead atoms. The highest BCUT2D eigenvalue weighted by atomic mass is 32.1. The Hall–Kier alpha value is -2.19. The maximum atomic E-state index is 10.9. The number of nitrogens with zero attached hydrogens (tertiary/aromatic N) is 2. The number of benzene rings is 1. The first-order chi connectivity index (χ1) is 7.70. The van der Waals surface area contributed by atoms with Gasteiger partial charge in [0.15, 0.2) is 5.01 Å². The van der Waals surface area contributed by atoms with E-state index in [1.807, 2.05) is 6.07 Å². The van der Waals surface area contributed by atoms with Crippen LogP contribution in [0.1, 0.15) is 15.4 Å². The largest absolute Gasteiger partial charge is 0.364 e. The number of carbonyl (C=O) groups is 1. The van der Waals surface area contributed by atoms with E-state index in [0.29, 0.717) is 16.3 Å². The molecule has 2 rings (SSSR count). The molecule has 1 heterocycles. The van der Waals surface area contributed by atoms with Gasteiger partial charge in [-0.1, -0.05) is 12.1 Å². The number of rotatable bonds is 2. The van der Waals surface area contributed by atoms with E-state index in [2.05, 4.69) is 4.98 Å². The van der Waals surface area contributed by atoms with E-state index >= 15 is 0 Å². The fraction of sp³-hybridized carbons (Fsp3) is 0. The lowest BCUT2D eigenvalue weighted by Gasteiger charge is -1.95. The molecule has 2 N–H and O–H groups in total. The molecule has 0 saturated heterocycles. The summed E-state index contributed by atoms with van der Waals surface area (Å²) in [6, 6.07) is 9.03. The van der Waals surface area contributed by atoms with Gasteiger partial charge >= 0.3 is 0 Å². The summed E-state index contributed by atoms with van der Waals surface area (Å²) in [5, 5.41) is 10.7. The highest BCUT2D eigenvalue weighted by molar-refractivity contribution is 7.12. The van der Waals surface area contributed by atoms with Crippen LogP contribution in [0.25, 0.3) is 11.3 Å². The molecule has 4 nitrogen and oxygen atoms in total. The Labute approximate surface area is 96.0 Å². The Bertz CT molecular complexity index is 566. The average Bonchev–Trinajstić information content (AvgIpc) is 2.78. The van der Waals surface area contributed by atoms with Gasteiger partial charge in [0.25, 0.3) is 5.91 Å². The molecule has 0 aliphatic carbocycles. The predicted molar refractivity (Wildman–Crippen MR) is 60.8 cm³/mol. The lowest BCUT2D eigenvalue weighted by Crippen LogP contribution is -2.10. The third-order valence-electron chi connectivity index (χ3n) is 2.02. The predicted octanol–water partition coefficient (Wildman–Crippen LogP) is 1.78. The Kier molecular flexibility index (Phi) is 2.66. The lowest BCUT2D eigenvalue weighted by atomic mass is 10.1. The fourth-order valence-corrected chi connectivity index (χ4v) is 1.91. The second-order valence-corrected chi connectivity index (χ2v) is 3.95. The second-order valence-electron chi connectivity index (χ2n) is 3.09. The maximum absolute atomic E-state index is 10.9. The fourth-order valence-electron chi connectivity index (χ4n) is 1.24. The Balaban J connectivity index is 2.36. The van der Waals surface area contributed by atoms with E-state index in [9.17, 15) is 4.79 Å². The van der Waals surface area contributed by atoms with Crippen molar-refractivity contribution in [3.05, 3.63) is 40.2 Å². The molecular weight excluding hydrogens is 222 g/mol. The number of thiazole rings is 1. The van der Waals surface area contributed by atoms with E-state index in [-0.39, 0.29) is 0 Å². The first-order valence-electron chi connectivity index (χ1n) is 4.46. The van der Waals surface area contributed by atoms with Gasteiger partial charge in [-0.05, 0) is 12.1 Å². The Morgan fingerprint density at radius 2 is 2.06 bits per heavy atom. The Morgan fingerprint density at radius 1 is 1.38 bits per heavy atom. The highest BCUT2D eigenvalue weighted by Gasteiger charge is 2.08. The standard InChI is InChI=1S/C11H7N3OS/c12-5-7-1-3-8(4-2-7)9-6-16-11(14-9)10(13)15/h1-4,6H,(H2,13,15). The minimum atomic E-state index is -0.523. The van der Waals surface area contributed by atoms with E-state index in [1.165, 1.54) is 11.3 Å². The average molecular weight is 229 g/mol. The SMILES string of the molecule is N#Cc1ccc(-c2csc(C(N)=O)n2)cc1. The summed E-state index contributed by atoms with van der Waals surface area (Å²) < 4.78 is 0. The maximum Gasteiger partial charge on any atom is 0.277 e. The van der Waals surface area contributed by atoms with E-state index in [1.54, 1.807) is 29.6 Å². The van der Waals surface area contributed by atoms with Crippen molar-refractivity contribution in [1.29, 1.82) is 5.26 Å². The number of primary amides is 1. The first kappa shape index (κ1) is 10.3. The van der Waals surface area contributed by atoms with E-state index in [0.717, 1.165) is 5.56 Å². The molecule has 2 aromatic rings. The van der Waals surface area contributed by atoms with Crippen LogP contribution in [0.5, 0.6) is 0 Å². The van der Waals surface area contributed by atoms with Crippen LogP contribution in [-0.4, -0.2) is 10.9 Å². The molecule has 0 aliphatic rings. The number of amides is 1. The molecule has 1 aromatic heterocycles. The van der Waals surface area contributed by atoms with Crippen molar-refractivity contribution in [3.63, 3.8) is 0 Å². The number of nitrogens with two attached hydrogens (primary N) is 1. The summed E-state index contributed by atoms with van der Waals surface area (Å²) in [4.78, 5) is 15.0. The van der Waals surface area contributed by atoms with Crippen LogP contribution in [0.3, 0.4) is 0 Å². The molecule has 0 spiro atoms. The third-order valence-corrected chi connectivity index (χ3v) is 2.88. The summed E-state index contributed by atoms with van der Waals surface area (Å²) in [6.45, 7) is 0. The number of aromatic nitrogens is 1. The van der Waals surface area contributed by atoms with Crippen molar-refractivity contribution < 1.29 is 4.79 Å². The normalized spacial score (nSPS) is 9.69. The third kappa shape index (κ3) is 1.92. The summed E-state index contributed by atoms with van der Waals surface area (Å²) in [6.07, 6.45) is 0.